The Balaban J connectivity index is 1.72. The van der Waals surface area contributed by atoms with Crippen molar-refractivity contribution in [3.8, 4) is 0 Å². The minimum atomic E-state index is 0.133. The number of anilines is 4. The number of nitrogens with zero attached hydrogens (tertiary/aromatic N) is 3. The van der Waals surface area contributed by atoms with Gasteiger partial charge >= 0.3 is 0 Å². The van der Waals surface area contributed by atoms with Gasteiger partial charge in [-0.25, -0.2) is 0 Å². The highest BCUT2D eigenvalue weighted by molar-refractivity contribution is 5.59. The SMILES string of the molecule is Cc1ccc(Nc2cnnc(Nc3ccc(C(C)(C)C)cc3)n2)cc1. The maximum Gasteiger partial charge on any atom is 0.249 e. The Morgan fingerprint density at radius 1 is 0.800 bits per heavy atom. The lowest BCUT2D eigenvalue weighted by molar-refractivity contribution is 0.590. The van der Waals surface area contributed by atoms with E-state index in [2.05, 4.69) is 65.6 Å². The Labute approximate surface area is 148 Å². The van der Waals surface area contributed by atoms with Crippen molar-refractivity contribution in [1.29, 1.82) is 0 Å². The summed E-state index contributed by atoms with van der Waals surface area (Å²) in [6, 6.07) is 16.4. The third kappa shape index (κ3) is 4.53. The van der Waals surface area contributed by atoms with Gasteiger partial charge in [0, 0.05) is 11.4 Å². The molecule has 0 amide bonds. The minimum absolute atomic E-state index is 0.133. The lowest BCUT2D eigenvalue weighted by Crippen LogP contribution is -2.10. The van der Waals surface area contributed by atoms with Gasteiger partial charge < -0.3 is 10.6 Å². The largest absolute Gasteiger partial charge is 0.339 e. The van der Waals surface area contributed by atoms with Crippen LogP contribution < -0.4 is 10.6 Å². The number of nitrogens with one attached hydrogen (secondary N) is 2. The summed E-state index contributed by atoms with van der Waals surface area (Å²) in [5.41, 5.74) is 4.53. The van der Waals surface area contributed by atoms with Crippen LogP contribution >= 0.6 is 0 Å². The molecule has 0 saturated heterocycles. The van der Waals surface area contributed by atoms with Crippen LogP contribution in [-0.4, -0.2) is 15.2 Å². The van der Waals surface area contributed by atoms with Gasteiger partial charge in [-0.2, -0.15) is 10.1 Å². The fraction of sp³-hybridized carbons (Fsp3) is 0.250. The van der Waals surface area contributed by atoms with E-state index in [9.17, 15) is 0 Å². The minimum Gasteiger partial charge on any atom is -0.339 e. The highest BCUT2D eigenvalue weighted by Crippen LogP contribution is 2.24. The van der Waals surface area contributed by atoms with Crippen LogP contribution in [0.15, 0.2) is 54.7 Å². The molecule has 1 aromatic heterocycles. The van der Waals surface area contributed by atoms with Gasteiger partial charge in [-0.15, -0.1) is 5.10 Å². The zero-order chi connectivity index (χ0) is 17.9. The van der Waals surface area contributed by atoms with Crippen molar-refractivity contribution in [3.05, 3.63) is 65.9 Å². The molecule has 0 bridgehead atoms. The topological polar surface area (TPSA) is 62.7 Å². The van der Waals surface area contributed by atoms with E-state index in [1.807, 2.05) is 36.4 Å². The first kappa shape index (κ1) is 16.9. The Morgan fingerprint density at radius 2 is 1.40 bits per heavy atom. The molecule has 0 aliphatic carbocycles. The first-order valence-electron chi connectivity index (χ1n) is 8.31. The fourth-order valence-electron chi connectivity index (χ4n) is 2.38. The normalized spacial score (nSPS) is 11.2. The average molecular weight is 333 g/mol. The first-order valence-corrected chi connectivity index (χ1v) is 8.31. The van der Waals surface area contributed by atoms with Crippen LogP contribution in [0.5, 0.6) is 0 Å². The lowest BCUT2D eigenvalue weighted by atomic mass is 9.87. The summed E-state index contributed by atoms with van der Waals surface area (Å²) in [5, 5.41) is 14.5. The van der Waals surface area contributed by atoms with Gasteiger partial charge in [-0.05, 0) is 42.2 Å². The lowest BCUT2D eigenvalue weighted by Gasteiger charge is -2.19. The Hall–Kier alpha value is -2.95. The predicted octanol–water partition coefficient (Wildman–Crippen LogP) is 4.96. The Bertz CT molecular complexity index is 833. The molecule has 1 heterocycles. The van der Waals surface area contributed by atoms with Gasteiger partial charge in [0.2, 0.25) is 5.95 Å². The summed E-state index contributed by atoms with van der Waals surface area (Å²) in [5.74, 6) is 1.10. The van der Waals surface area contributed by atoms with Crippen molar-refractivity contribution in [2.24, 2.45) is 0 Å². The summed E-state index contributed by atoms with van der Waals surface area (Å²) in [7, 11) is 0. The monoisotopic (exact) mass is 333 g/mol. The smallest absolute Gasteiger partial charge is 0.249 e. The highest BCUT2D eigenvalue weighted by Gasteiger charge is 2.13. The zero-order valence-corrected chi connectivity index (χ0v) is 15.0. The number of aryl methyl sites for hydroxylation is 1. The number of hydrogen-bond acceptors (Lipinski definition) is 5. The molecule has 0 aliphatic rings. The van der Waals surface area contributed by atoms with Gasteiger partial charge in [0.25, 0.3) is 0 Å². The molecule has 2 N–H and O–H groups in total. The van der Waals surface area contributed by atoms with Crippen molar-refractivity contribution in [3.63, 3.8) is 0 Å². The molecule has 0 unspecified atom stereocenters. The predicted molar refractivity (Wildman–Crippen MR) is 103 cm³/mol. The van der Waals surface area contributed by atoms with Crippen molar-refractivity contribution < 1.29 is 0 Å². The molecular weight excluding hydrogens is 310 g/mol. The van der Waals surface area contributed by atoms with Crippen LogP contribution in [0.1, 0.15) is 31.9 Å². The quantitative estimate of drug-likeness (QED) is 0.706. The van der Waals surface area contributed by atoms with E-state index in [0.717, 1.165) is 11.4 Å². The Kier molecular flexibility index (Phi) is 4.65. The van der Waals surface area contributed by atoms with E-state index in [-0.39, 0.29) is 5.41 Å². The Morgan fingerprint density at radius 3 is 2.04 bits per heavy atom. The van der Waals surface area contributed by atoms with Crippen LogP contribution in [0, 0.1) is 6.92 Å². The molecule has 5 heteroatoms. The summed E-state index contributed by atoms with van der Waals surface area (Å²) >= 11 is 0. The van der Waals surface area contributed by atoms with Crippen molar-refractivity contribution in [2.45, 2.75) is 33.1 Å². The second-order valence-corrected chi connectivity index (χ2v) is 7.11. The van der Waals surface area contributed by atoms with Crippen LogP contribution in [0.25, 0.3) is 0 Å². The van der Waals surface area contributed by atoms with Crippen molar-refractivity contribution in [1.82, 2.24) is 15.2 Å². The number of rotatable bonds is 4. The van der Waals surface area contributed by atoms with Gasteiger partial charge in [-0.1, -0.05) is 50.6 Å². The maximum absolute atomic E-state index is 4.46. The number of benzene rings is 2. The van der Waals surface area contributed by atoms with E-state index >= 15 is 0 Å². The summed E-state index contributed by atoms with van der Waals surface area (Å²) in [4.78, 5) is 4.46. The van der Waals surface area contributed by atoms with E-state index in [1.165, 1.54) is 11.1 Å². The van der Waals surface area contributed by atoms with Crippen molar-refractivity contribution in [2.75, 3.05) is 10.6 Å². The zero-order valence-electron chi connectivity index (χ0n) is 15.0. The third-order valence-electron chi connectivity index (χ3n) is 3.89. The molecule has 25 heavy (non-hydrogen) atoms. The van der Waals surface area contributed by atoms with E-state index in [0.29, 0.717) is 11.8 Å². The van der Waals surface area contributed by atoms with E-state index in [1.54, 1.807) is 6.20 Å². The molecular formula is C20H23N5. The number of aromatic nitrogens is 3. The fourth-order valence-corrected chi connectivity index (χ4v) is 2.38. The summed E-state index contributed by atoms with van der Waals surface area (Å²) < 4.78 is 0. The van der Waals surface area contributed by atoms with E-state index in [4.69, 9.17) is 0 Å². The van der Waals surface area contributed by atoms with Gasteiger partial charge in [-0.3, -0.25) is 0 Å². The van der Waals surface area contributed by atoms with Crippen LogP contribution in [-0.2, 0) is 5.41 Å². The van der Waals surface area contributed by atoms with Crippen molar-refractivity contribution >= 4 is 23.1 Å². The second-order valence-electron chi connectivity index (χ2n) is 7.11. The first-order chi connectivity index (χ1) is 11.9. The van der Waals surface area contributed by atoms with Crippen LogP contribution in [0.2, 0.25) is 0 Å². The molecule has 128 valence electrons. The van der Waals surface area contributed by atoms with Gasteiger partial charge in [0.15, 0.2) is 5.82 Å². The van der Waals surface area contributed by atoms with Gasteiger partial charge in [0.1, 0.15) is 0 Å². The molecule has 0 spiro atoms. The van der Waals surface area contributed by atoms with Crippen LogP contribution in [0.3, 0.4) is 0 Å². The maximum atomic E-state index is 4.46. The standard InChI is InChI=1S/C20H23N5/c1-14-5-9-16(10-6-14)22-18-13-21-25-19(24-18)23-17-11-7-15(8-12-17)20(2,3)4/h5-13H,1-4H3,(H2,22,23,24,25). The molecule has 0 radical (unpaired) electrons. The molecule has 0 atom stereocenters. The molecule has 2 aromatic carbocycles. The van der Waals surface area contributed by atoms with Gasteiger partial charge in [0.05, 0.1) is 6.20 Å². The molecule has 3 rings (SSSR count). The van der Waals surface area contributed by atoms with E-state index < -0.39 is 0 Å². The second kappa shape index (κ2) is 6.89. The summed E-state index contributed by atoms with van der Waals surface area (Å²) in [6.07, 6.45) is 1.60. The molecule has 0 fully saturated rings. The summed E-state index contributed by atoms with van der Waals surface area (Å²) in [6.45, 7) is 8.65. The number of hydrogen-bond donors (Lipinski definition) is 2. The molecule has 0 aliphatic heterocycles. The molecule has 5 nitrogen and oxygen atoms in total. The van der Waals surface area contributed by atoms with Crippen LogP contribution in [0.4, 0.5) is 23.1 Å². The average Bonchev–Trinajstić information content (AvgIpc) is 2.57. The molecule has 0 saturated carbocycles. The highest BCUT2D eigenvalue weighted by atomic mass is 15.3. The molecule has 3 aromatic rings. The third-order valence-corrected chi connectivity index (χ3v) is 3.89.